The van der Waals surface area contributed by atoms with E-state index in [2.05, 4.69) is 30.9 Å². The van der Waals surface area contributed by atoms with Crippen molar-refractivity contribution in [3.63, 3.8) is 0 Å². The summed E-state index contributed by atoms with van der Waals surface area (Å²) in [6, 6.07) is 14.5. The summed E-state index contributed by atoms with van der Waals surface area (Å²) < 4.78 is 5.65. The summed E-state index contributed by atoms with van der Waals surface area (Å²) in [5, 5.41) is 9.52. The molecule has 1 amide bonds. The van der Waals surface area contributed by atoms with Gasteiger partial charge in [-0.3, -0.25) is 9.69 Å². The van der Waals surface area contributed by atoms with Gasteiger partial charge in [0.25, 0.3) is 5.91 Å². The zero-order valence-corrected chi connectivity index (χ0v) is 17.5. The van der Waals surface area contributed by atoms with Gasteiger partial charge in [-0.25, -0.2) is 4.79 Å². The van der Waals surface area contributed by atoms with Crippen LogP contribution in [0, 0.1) is 0 Å². The molecule has 3 rings (SSSR count). The molecule has 2 aromatic carbocycles. The Morgan fingerprint density at radius 2 is 1.75 bits per heavy atom. The average molecular weight is 458 g/mol. The lowest BCUT2D eigenvalue weighted by atomic mass is 10.1. The molecule has 0 saturated carbocycles. The van der Waals surface area contributed by atoms with Crippen LogP contribution in [0.25, 0.3) is 16.6 Å². The van der Waals surface area contributed by atoms with Crippen molar-refractivity contribution >= 4 is 50.4 Å². The molecule has 28 heavy (non-hydrogen) atoms. The van der Waals surface area contributed by atoms with Gasteiger partial charge in [0.1, 0.15) is 5.01 Å². The quantitative estimate of drug-likeness (QED) is 0.418. The van der Waals surface area contributed by atoms with E-state index in [-0.39, 0.29) is 5.91 Å². The number of esters is 1. The van der Waals surface area contributed by atoms with Gasteiger partial charge >= 0.3 is 5.97 Å². The smallest absolute Gasteiger partial charge is 0.337 e. The number of ether oxygens (including phenoxy) is 1. The molecule has 1 aromatic heterocycles. The predicted molar refractivity (Wildman–Crippen MR) is 113 cm³/mol. The van der Waals surface area contributed by atoms with Crippen LogP contribution in [0.3, 0.4) is 0 Å². The van der Waals surface area contributed by atoms with Crippen LogP contribution in [0.5, 0.6) is 0 Å². The number of amides is 1. The van der Waals surface area contributed by atoms with Crippen LogP contribution < -0.4 is 4.90 Å². The van der Waals surface area contributed by atoms with Gasteiger partial charge in [0.15, 0.2) is 0 Å². The van der Waals surface area contributed by atoms with Gasteiger partial charge in [-0.2, -0.15) is 0 Å². The highest BCUT2D eigenvalue weighted by atomic mass is 79.9. The maximum atomic E-state index is 12.4. The largest absolute Gasteiger partial charge is 0.465 e. The Labute approximate surface area is 174 Å². The second-order valence-electron chi connectivity index (χ2n) is 5.74. The Balaban J connectivity index is 1.68. The lowest BCUT2D eigenvalue weighted by Gasteiger charge is -2.09. The molecular formula is C20H16BrN3O3S. The van der Waals surface area contributed by atoms with E-state index in [1.807, 2.05) is 24.3 Å². The van der Waals surface area contributed by atoms with Gasteiger partial charge in [0.05, 0.1) is 12.7 Å². The Morgan fingerprint density at radius 1 is 1.07 bits per heavy atom. The van der Waals surface area contributed by atoms with Gasteiger partial charge in [-0.15, -0.1) is 10.2 Å². The zero-order valence-electron chi connectivity index (χ0n) is 15.1. The Kier molecular flexibility index (Phi) is 6.33. The number of nitrogens with zero attached hydrogens (tertiary/aromatic N) is 3. The van der Waals surface area contributed by atoms with Gasteiger partial charge in [-0.1, -0.05) is 51.5 Å². The van der Waals surface area contributed by atoms with Crippen molar-refractivity contribution in [1.29, 1.82) is 0 Å². The highest BCUT2D eigenvalue weighted by Crippen LogP contribution is 2.29. The first-order valence-electron chi connectivity index (χ1n) is 8.21. The molecule has 0 spiro atoms. The third-order valence-electron chi connectivity index (χ3n) is 3.87. The van der Waals surface area contributed by atoms with E-state index in [4.69, 9.17) is 0 Å². The minimum atomic E-state index is -0.399. The average Bonchev–Trinajstić information content (AvgIpc) is 3.22. The van der Waals surface area contributed by atoms with E-state index < -0.39 is 5.97 Å². The summed E-state index contributed by atoms with van der Waals surface area (Å²) in [6.07, 6.45) is 3.13. The SMILES string of the molecule is COC(=O)c1ccc(/C=C/C(=O)N(C)c2nnc(-c3ccc(Br)cc3)s2)cc1. The molecule has 0 unspecified atom stereocenters. The van der Waals surface area contributed by atoms with Crippen molar-refractivity contribution < 1.29 is 14.3 Å². The fourth-order valence-electron chi connectivity index (χ4n) is 2.28. The van der Waals surface area contributed by atoms with Crippen LogP contribution >= 0.6 is 27.3 Å². The first kappa shape index (κ1) is 19.9. The number of carbonyl (C=O) groups excluding carboxylic acids is 2. The summed E-state index contributed by atoms with van der Waals surface area (Å²) >= 11 is 4.74. The lowest BCUT2D eigenvalue weighted by Crippen LogP contribution is -2.23. The number of carbonyl (C=O) groups is 2. The monoisotopic (exact) mass is 457 g/mol. The summed E-state index contributed by atoms with van der Waals surface area (Å²) in [5.74, 6) is -0.625. The molecule has 8 heteroatoms. The third kappa shape index (κ3) is 4.71. The molecule has 6 nitrogen and oxygen atoms in total. The first-order valence-corrected chi connectivity index (χ1v) is 9.82. The standard InChI is InChI=1S/C20H16BrN3O3S/c1-24(20-23-22-18(28-20)14-8-10-16(21)11-9-14)17(25)12-5-13-3-6-15(7-4-13)19(26)27-2/h3-12H,1-2H3/b12-5+. The molecule has 0 N–H and O–H groups in total. The Morgan fingerprint density at radius 3 is 2.39 bits per heavy atom. The van der Waals surface area contributed by atoms with Crippen LogP contribution in [-0.4, -0.2) is 36.2 Å². The number of aromatic nitrogens is 2. The van der Waals surface area contributed by atoms with Crippen molar-refractivity contribution in [2.45, 2.75) is 0 Å². The van der Waals surface area contributed by atoms with Crippen LogP contribution in [0.1, 0.15) is 15.9 Å². The molecular weight excluding hydrogens is 442 g/mol. The summed E-state index contributed by atoms with van der Waals surface area (Å²) in [6.45, 7) is 0. The Bertz CT molecular complexity index is 1010. The van der Waals surface area contributed by atoms with Gasteiger partial charge in [0.2, 0.25) is 5.13 Å². The lowest BCUT2D eigenvalue weighted by molar-refractivity contribution is -0.113. The predicted octanol–water partition coefficient (Wildman–Crippen LogP) is 4.43. The highest BCUT2D eigenvalue weighted by Gasteiger charge is 2.14. The first-order chi connectivity index (χ1) is 13.5. The van der Waals surface area contributed by atoms with Gasteiger partial charge in [-0.05, 0) is 35.9 Å². The number of methoxy groups -OCH3 is 1. The van der Waals surface area contributed by atoms with Crippen molar-refractivity contribution in [1.82, 2.24) is 10.2 Å². The number of rotatable bonds is 5. The third-order valence-corrected chi connectivity index (χ3v) is 5.45. The number of benzene rings is 2. The fourth-order valence-corrected chi connectivity index (χ4v) is 3.36. The van der Waals surface area contributed by atoms with E-state index in [9.17, 15) is 9.59 Å². The number of halogens is 1. The molecule has 0 aliphatic heterocycles. The van der Waals surface area contributed by atoms with E-state index >= 15 is 0 Å². The molecule has 0 aliphatic carbocycles. The molecule has 1 heterocycles. The normalized spacial score (nSPS) is 10.8. The highest BCUT2D eigenvalue weighted by molar-refractivity contribution is 9.10. The van der Waals surface area contributed by atoms with E-state index in [0.717, 1.165) is 20.6 Å². The molecule has 0 atom stereocenters. The van der Waals surface area contributed by atoms with Crippen LogP contribution in [0.2, 0.25) is 0 Å². The van der Waals surface area contributed by atoms with Crippen LogP contribution in [-0.2, 0) is 9.53 Å². The maximum absolute atomic E-state index is 12.4. The number of anilines is 1. The molecule has 0 saturated heterocycles. The Hall–Kier alpha value is -2.84. The minimum absolute atomic E-state index is 0.226. The second kappa shape index (κ2) is 8.90. The topological polar surface area (TPSA) is 72.4 Å². The molecule has 0 radical (unpaired) electrons. The second-order valence-corrected chi connectivity index (χ2v) is 7.61. The zero-order chi connectivity index (χ0) is 20.1. The van der Waals surface area contributed by atoms with Crippen molar-refractivity contribution in [3.8, 4) is 10.6 Å². The van der Waals surface area contributed by atoms with Crippen LogP contribution in [0.4, 0.5) is 5.13 Å². The summed E-state index contributed by atoms with van der Waals surface area (Å²) in [5.41, 5.74) is 2.19. The number of likely N-dealkylation sites (N-methyl/N-ethyl adjacent to an activating group) is 1. The fraction of sp³-hybridized carbons (Fsp3) is 0.100. The van der Waals surface area contributed by atoms with E-state index in [1.165, 1.54) is 29.4 Å². The molecule has 0 bridgehead atoms. The molecule has 0 aliphatic rings. The van der Waals surface area contributed by atoms with E-state index in [0.29, 0.717) is 10.7 Å². The van der Waals surface area contributed by atoms with Gasteiger partial charge < -0.3 is 4.74 Å². The molecule has 0 fully saturated rings. The molecule has 3 aromatic rings. The van der Waals surface area contributed by atoms with Gasteiger partial charge in [0, 0.05) is 23.2 Å². The van der Waals surface area contributed by atoms with Crippen LogP contribution in [0.15, 0.2) is 59.1 Å². The summed E-state index contributed by atoms with van der Waals surface area (Å²) in [7, 11) is 2.99. The summed E-state index contributed by atoms with van der Waals surface area (Å²) in [4.78, 5) is 25.3. The minimum Gasteiger partial charge on any atom is -0.465 e. The van der Waals surface area contributed by atoms with E-state index in [1.54, 1.807) is 37.4 Å². The number of hydrogen-bond donors (Lipinski definition) is 0. The van der Waals surface area contributed by atoms with Crippen molar-refractivity contribution in [2.75, 3.05) is 19.1 Å². The van der Waals surface area contributed by atoms with Crippen molar-refractivity contribution in [2.24, 2.45) is 0 Å². The number of hydrogen-bond acceptors (Lipinski definition) is 6. The maximum Gasteiger partial charge on any atom is 0.337 e. The molecule has 142 valence electrons. The van der Waals surface area contributed by atoms with Crippen molar-refractivity contribution in [3.05, 3.63) is 70.2 Å².